The smallest absolute Gasteiger partial charge is 0.306 e. The van der Waals surface area contributed by atoms with Crippen molar-refractivity contribution in [2.45, 2.75) is 6.42 Å². The van der Waals surface area contributed by atoms with Crippen LogP contribution in [0.2, 0.25) is 5.02 Å². The molecule has 0 atom stereocenters. The van der Waals surface area contributed by atoms with Gasteiger partial charge in [0.15, 0.2) is 0 Å². The molecule has 0 unspecified atom stereocenters. The zero-order valence-corrected chi connectivity index (χ0v) is 7.62. The van der Waals surface area contributed by atoms with E-state index in [1.807, 2.05) is 0 Å². The summed E-state index contributed by atoms with van der Waals surface area (Å²) >= 11 is 5.65. The first-order valence-corrected chi connectivity index (χ1v) is 4.16. The van der Waals surface area contributed by atoms with Crippen molar-refractivity contribution in [3.63, 3.8) is 0 Å². The van der Waals surface area contributed by atoms with Gasteiger partial charge in [-0.3, -0.25) is 4.79 Å². The molecule has 1 aromatic carbocycles. The number of rotatable bonds is 4. The highest BCUT2D eigenvalue weighted by molar-refractivity contribution is 6.30. The Labute approximate surface area is 80.9 Å². The largest absolute Gasteiger partial charge is 0.493 e. The van der Waals surface area contributed by atoms with Gasteiger partial charge in [-0.2, -0.15) is 0 Å². The van der Waals surface area contributed by atoms with Gasteiger partial charge >= 0.3 is 5.97 Å². The third-order valence-corrected chi connectivity index (χ3v) is 1.65. The number of aliphatic carboxylic acids is 1. The number of carbonyl (C=O) groups is 1. The molecule has 4 heteroatoms. The monoisotopic (exact) mass is 200 g/mol. The minimum atomic E-state index is -0.867. The van der Waals surface area contributed by atoms with E-state index in [2.05, 4.69) is 0 Å². The van der Waals surface area contributed by atoms with Crippen molar-refractivity contribution in [1.29, 1.82) is 0 Å². The third-order valence-electron chi connectivity index (χ3n) is 1.40. The minimum Gasteiger partial charge on any atom is -0.493 e. The summed E-state index contributed by atoms with van der Waals surface area (Å²) in [5.41, 5.74) is 0. The highest BCUT2D eigenvalue weighted by atomic mass is 35.5. The highest BCUT2D eigenvalue weighted by Crippen LogP contribution is 2.15. The van der Waals surface area contributed by atoms with Crippen molar-refractivity contribution < 1.29 is 14.6 Å². The van der Waals surface area contributed by atoms with Crippen molar-refractivity contribution in [3.8, 4) is 5.75 Å². The topological polar surface area (TPSA) is 46.5 Å². The standard InChI is InChI=1S/C9H9ClO3/c10-7-1-3-8(4-2-7)13-6-5-9(11)12/h1-4H,5-6H2,(H,11,12). The van der Waals surface area contributed by atoms with Crippen LogP contribution < -0.4 is 4.74 Å². The molecule has 0 aliphatic carbocycles. The van der Waals surface area contributed by atoms with Crippen LogP contribution in [0.4, 0.5) is 0 Å². The normalized spacial score (nSPS) is 9.62. The molecule has 1 aromatic rings. The summed E-state index contributed by atoms with van der Waals surface area (Å²) in [6, 6.07) is 6.78. The molecule has 0 aromatic heterocycles. The van der Waals surface area contributed by atoms with Gasteiger partial charge in [0.25, 0.3) is 0 Å². The number of benzene rings is 1. The number of halogens is 1. The molecule has 0 saturated heterocycles. The molecular formula is C9H9ClO3. The average Bonchev–Trinajstić information content (AvgIpc) is 2.08. The predicted molar refractivity (Wildman–Crippen MR) is 49.2 cm³/mol. The Kier molecular flexibility index (Phi) is 3.58. The van der Waals surface area contributed by atoms with Crippen LogP contribution in [-0.2, 0) is 4.79 Å². The number of carboxylic acid groups (broad SMARTS) is 1. The van der Waals surface area contributed by atoms with Crippen molar-refractivity contribution in [1.82, 2.24) is 0 Å². The highest BCUT2D eigenvalue weighted by Gasteiger charge is 1.97. The van der Waals surface area contributed by atoms with E-state index in [0.29, 0.717) is 10.8 Å². The van der Waals surface area contributed by atoms with Gasteiger partial charge in [-0.15, -0.1) is 0 Å². The van der Waals surface area contributed by atoms with E-state index in [0.717, 1.165) is 0 Å². The van der Waals surface area contributed by atoms with E-state index in [4.69, 9.17) is 21.4 Å². The molecule has 0 radical (unpaired) electrons. The fourth-order valence-electron chi connectivity index (χ4n) is 0.787. The van der Waals surface area contributed by atoms with Gasteiger partial charge in [0.2, 0.25) is 0 Å². The van der Waals surface area contributed by atoms with Gasteiger partial charge in [-0.05, 0) is 24.3 Å². The molecule has 1 N–H and O–H groups in total. The van der Waals surface area contributed by atoms with Gasteiger partial charge in [0, 0.05) is 5.02 Å². The van der Waals surface area contributed by atoms with E-state index in [-0.39, 0.29) is 13.0 Å². The fraction of sp³-hybridized carbons (Fsp3) is 0.222. The van der Waals surface area contributed by atoms with Crippen LogP contribution in [0.1, 0.15) is 6.42 Å². The molecular weight excluding hydrogens is 192 g/mol. The Morgan fingerprint density at radius 2 is 2.00 bits per heavy atom. The second-order valence-electron chi connectivity index (χ2n) is 2.45. The quantitative estimate of drug-likeness (QED) is 0.811. The number of hydrogen-bond acceptors (Lipinski definition) is 2. The first kappa shape index (κ1) is 9.86. The molecule has 0 spiro atoms. The summed E-state index contributed by atoms with van der Waals surface area (Å²) in [5.74, 6) is -0.236. The Morgan fingerprint density at radius 1 is 1.38 bits per heavy atom. The number of hydrogen-bond donors (Lipinski definition) is 1. The zero-order valence-electron chi connectivity index (χ0n) is 6.87. The molecule has 0 fully saturated rings. The molecule has 70 valence electrons. The maximum atomic E-state index is 10.1. The number of ether oxygens (including phenoxy) is 1. The third kappa shape index (κ3) is 3.80. The summed E-state index contributed by atoms with van der Waals surface area (Å²) in [5, 5.41) is 8.96. The Balaban J connectivity index is 2.37. The van der Waals surface area contributed by atoms with E-state index >= 15 is 0 Å². The number of carboxylic acids is 1. The molecule has 3 nitrogen and oxygen atoms in total. The lowest BCUT2D eigenvalue weighted by Gasteiger charge is -2.03. The summed E-state index contributed by atoms with van der Waals surface area (Å²) in [4.78, 5) is 10.1. The van der Waals surface area contributed by atoms with Crippen LogP contribution in [0.25, 0.3) is 0 Å². The van der Waals surface area contributed by atoms with Crippen LogP contribution in [-0.4, -0.2) is 17.7 Å². The van der Waals surface area contributed by atoms with Gasteiger partial charge in [0.05, 0.1) is 13.0 Å². The van der Waals surface area contributed by atoms with E-state index < -0.39 is 5.97 Å². The lowest BCUT2D eigenvalue weighted by Crippen LogP contribution is -2.04. The van der Waals surface area contributed by atoms with Gasteiger partial charge < -0.3 is 9.84 Å². The average molecular weight is 201 g/mol. The molecule has 0 saturated carbocycles. The van der Waals surface area contributed by atoms with E-state index in [1.165, 1.54) is 0 Å². The lowest BCUT2D eigenvalue weighted by molar-refractivity contribution is -0.137. The van der Waals surface area contributed by atoms with Crippen LogP contribution >= 0.6 is 11.6 Å². The molecule has 0 bridgehead atoms. The van der Waals surface area contributed by atoms with Crippen LogP contribution in [0.3, 0.4) is 0 Å². The second kappa shape index (κ2) is 4.72. The van der Waals surface area contributed by atoms with Gasteiger partial charge in [-0.25, -0.2) is 0 Å². The van der Waals surface area contributed by atoms with Crippen molar-refractivity contribution in [3.05, 3.63) is 29.3 Å². The van der Waals surface area contributed by atoms with Crippen LogP contribution in [0.15, 0.2) is 24.3 Å². The van der Waals surface area contributed by atoms with Gasteiger partial charge in [-0.1, -0.05) is 11.6 Å². The Hall–Kier alpha value is -1.22. The maximum Gasteiger partial charge on any atom is 0.306 e. The predicted octanol–water partition coefficient (Wildman–Crippen LogP) is 2.19. The summed E-state index contributed by atoms with van der Waals surface area (Å²) in [6.45, 7) is 0.178. The summed E-state index contributed by atoms with van der Waals surface area (Å²) in [6.07, 6.45) is 0.00261. The lowest BCUT2D eigenvalue weighted by atomic mass is 10.3. The molecule has 13 heavy (non-hydrogen) atoms. The second-order valence-corrected chi connectivity index (χ2v) is 2.88. The minimum absolute atomic E-state index is 0.00261. The SMILES string of the molecule is O=C(O)CCOc1ccc(Cl)cc1. The first-order valence-electron chi connectivity index (χ1n) is 3.78. The van der Waals surface area contributed by atoms with E-state index in [1.54, 1.807) is 24.3 Å². The molecule has 0 heterocycles. The van der Waals surface area contributed by atoms with Crippen molar-refractivity contribution >= 4 is 17.6 Å². The fourth-order valence-corrected chi connectivity index (χ4v) is 0.913. The molecule has 0 aliphatic heterocycles. The molecule has 0 aliphatic rings. The molecule has 1 rings (SSSR count). The maximum absolute atomic E-state index is 10.1. The molecule has 0 amide bonds. The van der Waals surface area contributed by atoms with Crippen LogP contribution in [0, 0.1) is 0 Å². The van der Waals surface area contributed by atoms with Crippen LogP contribution in [0.5, 0.6) is 5.75 Å². The van der Waals surface area contributed by atoms with Crippen molar-refractivity contribution in [2.75, 3.05) is 6.61 Å². The zero-order chi connectivity index (χ0) is 9.68. The first-order chi connectivity index (χ1) is 6.18. The Morgan fingerprint density at radius 3 is 2.54 bits per heavy atom. The van der Waals surface area contributed by atoms with E-state index in [9.17, 15) is 4.79 Å². The van der Waals surface area contributed by atoms with Gasteiger partial charge in [0.1, 0.15) is 5.75 Å². The summed E-state index contributed by atoms with van der Waals surface area (Å²) in [7, 11) is 0. The van der Waals surface area contributed by atoms with Crippen molar-refractivity contribution in [2.24, 2.45) is 0 Å². The Bertz CT molecular complexity index is 281. The summed E-state index contributed by atoms with van der Waals surface area (Å²) < 4.78 is 5.13.